The number of hydrogen-bond donors (Lipinski definition) is 0. The van der Waals surface area contributed by atoms with E-state index in [9.17, 15) is 13.2 Å². The molecule has 1 nitrogen and oxygen atoms in total. The molecule has 0 N–H and O–H groups in total. The van der Waals surface area contributed by atoms with Crippen LogP contribution in [0, 0.1) is 5.41 Å². The summed E-state index contributed by atoms with van der Waals surface area (Å²) in [6.07, 6.45) is -2.80. The van der Waals surface area contributed by atoms with E-state index in [0.29, 0.717) is 0 Å². The van der Waals surface area contributed by atoms with Gasteiger partial charge in [-0.15, -0.1) is 0 Å². The molecule has 0 amide bonds. The van der Waals surface area contributed by atoms with Gasteiger partial charge in [-0.1, -0.05) is 5.57 Å². The summed E-state index contributed by atoms with van der Waals surface area (Å²) < 4.78 is 37.8. The van der Waals surface area contributed by atoms with Gasteiger partial charge in [0.15, 0.2) is 0 Å². The molecular weight excluding hydrogens is 191 g/mol. The van der Waals surface area contributed by atoms with E-state index in [1.54, 1.807) is 13.8 Å². The number of halogens is 3. The molecule has 0 bridgehead atoms. The molecule has 0 saturated carbocycles. The lowest BCUT2D eigenvalue weighted by Gasteiger charge is -2.28. The van der Waals surface area contributed by atoms with Crippen LogP contribution in [0.1, 0.15) is 27.7 Å². The van der Waals surface area contributed by atoms with E-state index in [4.69, 9.17) is 0 Å². The Labute approximate surface area is 82.7 Å². The monoisotopic (exact) mass is 207 g/mol. The fourth-order valence-electron chi connectivity index (χ4n) is 0.943. The number of hydrogen-bond acceptors (Lipinski definition) is 1. The number of rotatable bonds is 2. The van der Waals surface area contributed by atoms with Gasteiger partial charge in [-0.2, -0.15) is 13.2 Å². The molecule has 82 valence electrons. The maximum Gasteiger partial charge on any atom is 0.399 e. The molecule has 0 aromatic carbocycles. The number of aliphatic imine (C=N–C) groups is 1. The van der Waals surface area contributed by atoms with E-state index < -0.39 is 11.6 Å². The van der Waals surface area contributed by atoms with E-state index in [0.717, 1.165) is 19.4 Å². The third-order valence-corrected chi connectivity index (χ3v) is 2.02. The van der Waals surface area contributed by atoms with Gasteiger partial charge in [0.1, 0.15) is 5.41 Å². The first-order chi connectivity index (χ1) is 6.13. The molecule has 14 heavy (non-hydrogen) atoms. The molecule has 0 rings (SSSR count). The van der Waals surface area contributed by atoms with Gasteiger partial charge < -0.3 is 0 Å². The SMILES string of the molecule is CN=C(C=C(C)C)C(C)(C)C(F)(F)F. The highest BCUT2D eigenvalue weighted by Crippen LogP contribution is 2.39. The van der Waals surface area contributed by atoms with Gasteiger partial charge in [-0.25, -0.2) is 0 Å². The van der Waals surface area contributed by atoms with Gasteiger partial charge in [0.2, 0.25) is 0 Å². The van der Waals surface area contributed by atoms with Gasteiger partial charge in [0, 0.05) is 12.8 Å². The summed E-state index contributed by atoms with van der Waals surface area (Å²) >= 11 is 0. The topological polar surface area (TPSA) is 12.4 Å². The molecule has 0 fully saturated rings. The minimum absolute atomic E-state index is 0.0602. The van der Waals surface area contributed by atoms with Crippen LogP contribution in [0.15, 0.2) is 16.6 Å². The minimum atomic E-state index is -4.27. The smallest absolute Gasteiger partial charge is 0.292 e. The molecular formula is C10H16F3N. The van der Waals surface area contributed by atoms with Crippen molar-refractivity contribution in [3.05, 3.63) is 11.6 Å². The highest BCUT2D eigenvalue weighted by Gasteiger charge is 2.49. The Balaban J connectivity index is 5.17. The zero-order valence-corrected chi connectivity index (χ0v) is 9.16. The number of nitrogens with zero attached hydrogens (tertiary/aromatic N) is 1. The molecule has 0 unspecified atom stereocenters. The first-order valence-corrected chi connectivity index (χ1v) is 4.32. The molecule has 0 aromatic heterocycles. The Kier molecular flexibility index (Phi) is 3.91. The summed E-state index contributed by atoms with van der Waals surface area (Å²) in [5.74, 6) is 0. The third kappa shape index (κ3) is 2.86. The summed E-state index contributed by atoms with van der Waals surface area (Å²) in [4.78, 5) is 3.69. The van der Waals surface area contributed by atoms with Crippen molar-refractivity contribution in [1.29, 1.82) is 0 Å². The van der Waals surface area contributed by atoms with Crippen molar-refractivity contribution < 1.29 is 13.2 Å². The summed E-state index contributed by atoms with van der Waals surface area (Å²) in [7, 11) is 1.38. The van der Waals surface area contributed by atoms with E-state index >= 15 is 0 Å². The lowest BCUT2D eigenvalue weighted by atomic mass is 9.85. The zero-order valence-electron chi connectivity index (χ0n) is 9.16. The normalized spacial score (nSPS) is 14.1. The third-order valence-electron chi connectivity index (χ3n) is 2.02. The van der Waals surface area contributed by atoms with Crippen molar-refractivity contribution in [3.8, 4) is 0 Å². The van der Waals surface area contributed by atoms with E-state index in [2.05, 4.69) is 4.99 Å². The maximum absolute atomic E-state index is 12.6. The van der Waals surface area contributed by atoms with Crippen LogP contribution in [0.2, 0.25) is 0 Å². The Morgan fingerprint density at radius 3 is 1.79 bits per heavy atom. The fraction of sp³-hybridized carbons (Fsp3) is 0.700. The van der Waals surface area contributed by atoms with Gasteiger partial charge in [0.05, 0.1) is 0 Å². The zero-order chi connectivity index (χ0) is 11.6. The Hall–Kier alpha value is -0.800. The molecule has 0 heterocycles. The maximum atomic E-state index is 12.6. The minimum Gasteiger partial charge on any atom is -0.292 e. The molecule has 0 spiro atoms. The summed E-state index contributed by atoms with van der Waals surface area (Å²) in [5, 5.41) is 0. The average molecular weight is 207 g/mol. The van der Waals surface area contributed by atoms with Gasteiger partial charge in [0.25, 0.3) is 0 Å². The van der Waals surface area contributed by atoms with Crippen molar-refractivity contribution >= 4 is 5.71 Å². The van der Waals surface area contributed by atoms with E-state index in [1.165, 1.54) is 13.1 Å². The molecule has 0 aromatic rings. The first kappa shape index (κ1) is 13.2. The summed E-state index contributed by atoms with van der Waals surface area (Å²) in [5.41, 5.74) is -1.02. The first-order valence-electron chi connectivity index (χ1n) is 4.32. The van der Waals surface area contributed by atoms with Crippen molar-refractivity contribution in [3.63, 3.8) is 0 Å². The summed E-state index contributed by atoms with van der Waals surface area (Å²) in [6.45, 7) is 5.76. The van der Waals surface area contributed by atoms with Crippen LogP contribution < -0.4 is 0 Å². The lowest BCUT2D eigenvalue weighted by molar-refractivity contribution is -0.185. The second-order valence-corrected chi connectivity index (χ2v) is 3.95. The highest BCUT2D eigenvalue weighted by molar-refractivity contribution is 6.00. The fourth-order valence-corrected chi connectivity index (χ4v) is 0.943. The van der Waals surface area contributed by atoms with Crippen LogP contribution in [-0.4, -0.2) is 18.9 Å². The van der Waals surface area contributed by atoms with Crippen LogP contribution in [0.5, 0.6) is 0 Å². The molecule has 0 radical (unpaired) electrons. The number of allylic oxidation sites excluding steroid dienone is 2. The van der Waals surface area contributed by atoms with Gasteiger partial charge >= 0.3 is 6.18 Å². The molecule has 0 aliphatic heterocycles. The molecule has 0 aliphatic rings. The van der Waals surface area contributed by atoms with Crippen molar-refractivity contribution in [2.75, 3.05) is 7.05 Å². The molecule has 0 aliphatic carbocycles. The number of alkyl halides is 3. The molecule has 4 heteroatoms. The van der Waals surface area contributed by atoms with Crippen LogP contribution >= 0.6 is 0 Å². The lowest BCUT2D eigenvalue weighted by Crippen LogP contribution is -2.39. The standard InChI is InChI=1S/C10H16F3N/c1-7(2)6-8(14-5)9(3,4)10(11,12)13/h6H,1-5H3. The summed E-state index contributed by atoms with van der Waals surface area (Å²) in [6, 6.07) is 0. The van der Waals surface area contributed by atoms with E-state index in [-0.39, 0.29) is 5.71 Å². The van der Waals surface area contributed by atoms with Crippen LogP contribution in [0.3, 0.4) is 0 Å². The largest absolute Gasteiger partial charge is 0.399 e. The Morgan fingerprint density at radius 2 is 1.57 bits per heavy atom. The molecule has 0 atom stereocenters. The van der Waals surface area contributed by atoms with Crippen LogP contribution in [-0.2, 0) is 0 Å². The average Bonchev–Trinajstić information content (AvgIpc) is 1.97. The Morgan fingerprint density at radius 1 is 1.14 bits per heavy atom. The second-order valence-electron chi connectivity index (χ2n) is 3.95. The predicted octanol–water partition coefficient (Wildman–Crippen LogP) is 3.61. The van der Waals surface area contributed by atoms with Crippen molar-refractivity contribution in [2.45, 2.75) is 33.9 Å². The van der Waals surface area contributed by atoms with Crippen LogP contribution in [0.25, 0.3) is 0 Å². The highest BCUT2D eigenvalue weighted by atomic mass is 19.4. The molecule has 0 saturated heterocycles. The van der Waals surface area contributed by atoms with Gasteiger partial charge in [-0.05, 0) is 33.8 Å². The van der Waals surface area contributed by atoms with Crippen molar-refractivity contribution in [2.24, 2.45) is 10.4 Å². The predicted molar refractivity (Wildman–Crippen MR) is 52.6 cm³/mol. The Bertz CT molecular complexity index is 255. The van der Waals surface area contributed by atoms with Gasteiger partial charge in [-0.3, -0.25) is 4.99 Å². The second kappa shape index (κ2) is 4.15. The van der Waals surface area contributed by atoms with Crippen molar-refractivity contribution in [1.82, 2.24) is 0 Å². The quantitative estimate of drug-likeness (QED) is 0.613. The van der Waals surface area contributed by atoms with Crippen LogP contribution in [0.4, 0.5) is 13.2 Å². The van der Waals surface area contributed by atoms with E-state index in [1.807, 2.05) is 0 Å².